The van der Waals surface area contributed by atoms with Gasteiger partial charge in [0.25, 0.3) is 0 Å². The Hall–Kier alpha value is -1.00. The molecule has 1 heterocycles. The van der Waals surface area contributed by atoms with Crippen molar-refractivity contribution in [1.82, 2.24) is 0 Å². The molecule has 1 atom stereocenters. The molecule has 0 aliphatic carbocycles. The van der Waals surface area contributed by atoms with Gasteiger partial charge in [0.2, 0.25) is 0 Å². The Bertz CT molecular complexity index is 694. The van der Waals surface area contributed by atoms with Crippen LogP contribution in [0.3, 0.4) is 0 Å². The molecule has 0 amide bonds. The molecule has 1 unspecified atom stereocenters. The highest BCUT2D eigenvalue weighted by molar-refractivity contribution is 7.98. The molecule has 0 bridgehead atoms. The van der Waals surface area contributed by atoms with Crippen LogP contribution in [0.25, 0.3) is 11.0 Å². The minimum absolute atomic E-state index is 0.475. The molecule has 132 valence electrons. The van der Waals surface area contributed by atoms with Crippen molar-refractivity contribution in [2.24, 2.45) is 5.92 Å². The Morgan fingerprint density at radius 2 is 1.96 bits per heavy atom. The summed E-state index contributed by atoms with van der Waals surface area (Å²) in [6.07, 6.45) is 9.64. The zero-order valence-corrected chi connectivity index (χ0v) is 16.6. The predicted molar refractivity (Wildman–Crippen MR) is 107 cm³/mol. The lowest BCUT2D eigenvalue weighted by atomic mass is 10.0. The van der Waals surface area contributed by atoms with Crippen molar-refractivity contribution >= 4 is 34.9 Å². The van der Waals surface area contributed by atoms with E-state index in [-0.39, 0.29) is 0 Å². The van der Waals surface area contributed by atoms with Crippen molar-refractivity contribution in [1.29, 1.82) is 0 Å². The fourth-order valence-corrected chi connectivity index (χ4v) is 3.33. The summed E-state index contributed by atoms with van der Waals surface area (Å²) in [6, 6.07) is 7.95. The average Bonchev–Trinajstić information content (AvgIpc) is 2.60. The molecule has 0 fully saturated rings. The molecule has 1 aromatic heterocycles. The molecule has 0 N–H and O–H groups in total. The first kappa shape index (κ1) is 19.3. The van der Waals surface area contributed by atoms with E-state index in [2.05, 4.69) is 26.2 Å². The lowest BCUT2D eigenvalue weighted by molar-refractivity contribution is 0.305. The van der Waals surface area contributed by atoms with Crippen LogP contribution < -0.4 is 4.74 Å². The van der Waals surface area contributed by atoms with E-state index in [9.17, 15) is 0 Å². The lowest BCUT2D eigenvalue weighted by Gasteiger charge is -2.10. The van der Waals surface area contributed by atoms with Crippen LogP contribution in [-0.2, 0) is 0 Å². The number of hydrogen-bond donors (Lipinski definition) is 0. The van der Waals surface area contributed by atoms with E-state index in [0.717, 1.165) is 35.7 Å². The Balaban J connectivity index is 1.87. The van der Waals surface area contributed by atoms with E-state index in [1.54, 1.807) is 11.8 Å². The van der Waals surface area contributed by atoms with Gasteiger partial charge in [0.15, 0.2) is 4.71 Å². The summed E-state index contributed by atoms with van der Waals surface area (Å²) >= 11 is 6.92. The van der Waals surface area contributed by atoms with Crippen LogP contribution in [0.4, 0.5) is 0 Å². The summed E-state index contributed by atoms with van der Waals surface area (Å²) in [7, 11) is 0. The van der Waals surface area contributed by atoms with Gasteiger partial charge >= 0.3 is 0 Å². The second kappa shape index (κ2) is 10.1. The summed E-state index contributed by atoms with van der Waals surface area (Å²) in [5.74, 6) is 1.70. The van der Waals surface area contributed by atoms with Gasteiger partial charge < -0.3 is 9.15 Å². The van der Waals surface area contributed by atoms with Crippen LogP contribution in [0.2, 0.25) is 0 Å². The summed E-state index contributed by atoms with van der Waals surface area (Å²) in [5, 5.41) is 1.01. The molecular formula is C20H28O2S2. The minimum atomic E-state index is 0.475. The highest BCUT2D eigenvalue weighted by atomic mass is 32.2. The smallest absolute Gasteiger partial charge is 0.194 e. The second-order valence-electron chi connectivity index (χ2n) is 6.36. The summed E-state index contributed by atoms with van der Waals surface area (Å²) < 4.78 is 12.1. The van der Waals surface area contributed by atoms with Gasteiger partial charge in [-0.1, -0.05) is 46.0 Å². The van der Waals surface area contributed by atoms with Crippen molar-refractivity contribution in [3.63, 3.8) is 0 Å². The predicted octanol–water partition coefficient (Wildman–Crippen LogP) is 7.26. The van der Waals surface area contributed by atoms with Crippen LogP contribution in [0.5, 0.6) is 5.75 Å². The fraction of sp³-hybridized carbons (Fsp3) is 0.550. The quantitative estimate of drug-likeness (QED) is 0.251. The van der Waals surface area contributed by atoms with Gasteiger partial charge in [0, 0.05) is 11.0 Å². The molecule has 0 aliphatic heterocycles. The number of ether oxygens (including phenoxy) is 1. The van der Waals surface area contributed by atoms with Gasteiger partial charge in [0.1, 0.15) is 11.3 Å². The third kappa shape index (κ3) is 5.82. The van der Waals surface area contributed by atoms with Crippen molar-refractivity contribution in [3.8, 4) is 5.75 Å². The highest BCUT2D eigenvalue weighted by Gasteiger charge is 2.07. The molecule has 24 heavy (non-hydrogen) atoms. The van der Waals surface area contributed by atoms with Crippen molar-refractivity contribution < 1.29 is 9.15 Å². The van der Waals surface area contributed by atoms with Gasteiger partial charge in [-0.2, -0.15) is 0 Å². The number of rotatable bonds is 10. The van der Waals surface area contributed by atoms with Gasteiger partial charge in [0.05, 0.1) is 12.0 Å². The zero-order valence-electron chi connectivity index (χ0n) is 15.0. The van der Waals surface area contributed by atoms with Crippen LogP contribution in [0, 0.1) is 10.6 Å². The van der Waals surface area contributed by atoms with E-state index in [1.165, 1.54) is 37.0 Å². The molecule has 0 saturated heterocycles. The maximum Gasteiger partial charge on any atom is 0.194 e. The zero-order chi connectivity index (χ0) is 17.4. The van der Waals surface area contributed by atoms with Crippen LogP contribution in [-0.4, -0.2) is 12.9 Å². The minimum Gasteiger partial charge on any atom is -0.493 e. The van der Waals surface area contributed by atoms with Crippen molar-refractivity contribution in [3.05, 3.63) is 29.0 Å². The van der Waals surface area contributed by atoms with E-state index >= 15 is 0 Å². The molecule has 2 rings (SSSR count). The number of benzene rings is 1. The Kier molecular flexibility index (Phi) is 8.13. The van der Waals surface area contributed by atoms with Gasteiger partial charge in [-0.3, -0.25) is 0 Å². The van der Waals surface area contributed by atoms with E-state index in [1.807, 2.05) is 18.2 Å². The maximum absolute atomic E-state index is 6.01. The number of thioether (sulfide) groups is 1. The number of fused-ring (bicyclic) bond motifs is 1. The molecule has 2 nitrogen and oxygen atoms in total. The second-order valence-corrected chi connectivity index (χ2v) is 7.64. The normalized spacial score (nSPS) is 12.5. The first-order valence-corrected chi connectivity index (χ1v) is 10.5. The Morgan fingerprint density at radius 1 is 1.17 bits per heavy atom. The topological polar surface area (TPSA) is 22.4 Å². The van der Waals surface area contributed by atoms with Crippen LogP contribution >= 0.6 is 24.0 Å². The summed E-state index contributed by atoms with van der Waals surface area (Å²) in [6.45, 7) is 5.34. The van der Waals surface area contributed by atoms with Crippen LogP contribution in [0.1, 0.15) is 52.4 Å². The molecule has 4 heteroatoms. The van der Waals surface area contributed by atoms with Gasteiger partial charge in [-0.15, -0.1) is 11.8 Å². The van der Waals surface area contributed by atoms with Gasteiger partial charge in [-0.05, 0) is 49.0 Å². The standard InChI is InChI=1S/C20H28O2S2/c1-4-15(2)9-7-5-6-8-12-21-19-14-20(23)22-18-11-10-16(24-3)13-17(18)19/h10-11,13-15H,4-9,12H2,1-3H3. The van der Waals surface area contributed by atoms with Crippen molar-refractivity contribution in [2.45, 2.75) is 57.3 Å². The maximum atomic E-state index is 6.01. The SMILES string of the molecule is CCC(C)CCCCCCOc1cc(=S)oc2ccc(SC)cc12. The van der Waals surface area contributed by atoms with Crippen LogP contribution in [0.15, 0.2) is 33.6 Å². The summed E-state index contributed by atoms with van der Waals surface area (Å²) in [4.78, 5) is 1.20. The molecular weight excluding hydrogens is 336 g/mol. The average molecular weight is 365 g/mol. The Morgan fingerprint density at radius 3 is 2.71 bits per heavy atom. The molecule has 2 aromatic rings. The molecule has 0 radical (unpaired) electrons. The fourth-order valence-electron chi connectivity index (χ4n) is 2.69. The van der Waals surface area contributed by atoms with Crippen molar-refractivity contribution in [2.75, 3.05) is 12.9 Å². The molecule has 1 aromatic carbocycles. The lowest BCUT2D eigenvalue weighted by Crippen LogP contribution is -1.98. The molecule has 0 saturated carbocycles. The number of unbranched alkanes of at least 4 members (excludes halogenated alkanes) is 3. The molecule has 0 spiro atoms. The monoisotopic (exact) mass is 364 g/mol. The van der Waals surface area contributed by atoms with E-state index in [0.29, 0.717) is 4.71 Å². The number of hydrogen-bond acceptors (Lipinski definition) is 4. The van der Waals surface area contributed by atoms with Gasteiger partial charge in [-0.25, -0.2) is 0 Å². The third-order valence-corrected chi connectivity index (χ3v) is 5.38. The highest BCUT2D eigenvalue weighted by Crippen LogP contribution is 2.30. The first-order valence-electron chi connectivity index (χ1n) is 8.88. The van der Waals surface area contributed by atoms with E-state index in [4.69, 9.17) is 21.4 Å². The third-order valence-electron chi connectivity index (χ3n) is 4.46. The molecule has 0 aliphatic rings. The Labute approximate surface area is 155 Å². The van der Waals surface area contributed by atoms with E-state index < -0.39 is 0 Å². The summed E-state index contributed by atoms with van der Waals surface area (Å²) in [5.41, 5.74) is 0.795. The first-order chi connectivity index (χ1) is 11.6. The largest absolute Gasteiger partial charge is 0.493 e.